The molecule has 2 aromatic heterocycles. The minimum absolute atomic E-state index is 0.599. The maximum atomic E-state index is 4.29. The lowest BCUT2D eigenvalue weighted by atomic mass is 10.1. The van der Waals surface area contributed by atoms with Crippen LogP contribution in [0.1, 0.15) is 11.4 Å². The number of hydrogen-bond donors (Lipinski definition) is 2. The Labute approximate surface area is 103 Å². The number of rotatable bonds is 4. The summed E-state index contributed by atoms with van der Waals surface area (Å²) in [6.07, 6.45) is 1.80. The van der Waals surface area contributed by atoms with Gasteiger partial charge in [-0.25, -0.2) is 0 Å². The van der Waals surface area contributed by atoms with Gasteiger partial charge in [-0.1, -0.05) is 17.3 Å². The molecular weight excluding hydrogens is 228 g/mol. The Morgan fingerprint density at radius 1 is 1.17 bits per heavy atom. The van der Waals surface area contributed by atoms with Gasteiger partial charge in [-0.3, -0.25) is 4.98 Å². The third-order valence-corrected chi connectivity index (χ3v) is 2.67. The van der Waals surface area contributed by atoms with Gasteiger partial charge < -0.3 is 5.32 Å². The summed E-state index contributed by atoms with van der Waals surface area (Å²) in [7, 11) is 0. The third-order valence-electron chi connectivity index (χ3n) is 2.67. The molecule has 0 saturated heterocycles. The van der Waals surface area contributed by atoms with Gasteiger partial charge in [0.05, 0.1) is 12.1 Å². The van der Waals surface area contributed by atoms with Crippen LogP contribution in [0.2, 0.25) is 0 Å². The molecule has 0 aliphatic rings. The van der Waals surface area contributed by atoms with Gasteiger partial charge >= 0.3 is 0 Å². The molecule has 0 saturated carbocycles. The summed E-state index contributed by atoms with van der Waals surface area (Å²) >= 11 is 0. The van der Waals surface area contributed by atoms with Gasteiger partial charge in [0.1, 0.15) is 0 Å². The van der Waals surface area contributed by atoms with E-state index >= 15 is 0 Å². The number of aromatic nitrogens is 5. The Hall–Kier alpha value is -2.34. The summed E-state index contributed by atoms with van der Waals surface area (Å²) in [5.41, 5.74) is 2.22. The van der Waals surface area contributed by atoms with E-state index in [-0.39, 0.29) is 0 Å². The number of nitrogens with one attached hydrogen (secondary N) is 2. The first-order valence-electron chi connectivity index (χ1n) is 5.68. The molecule has 6 nitrogen and oxygen atoms in total. The maximum absolute atomic E-state index is 4.29. The molecule has 1 aromatic carbocycles. The number of hydrogen-bond acceptors (Lipinski definition) is 5. The molecule has 0 fully saturated rings. The first kappa shape index (κ1) is 10.8. The number of nitrogens with zero attached hydrogens (tertiary/aromatic N) is 4. The minimum atomic E-state index is 0.599. The van der Waals surface area contributed by atoms with Crippen molar-refractivity contribution in [2.45, 2.75) is 13.1 Å². The lowest BCUT2D eigenvalue weighted by molar-refractivity contribution is 0.664. The van der Waals surface area contributed by atoms with Crippen LogP contribution < -0.4 is 5.32 Å². The molecule has 0 atom stereocenters. The Morgan fingerprint density at radius 3 is 3.06 bits per heavy atom. The summed E-state index contributed by atoms with van der Waals surface area (Å²) in [6, 6.07) is 10.2. The van der Waals surface area contributed by atoms with Gasteiger partial charge in [0.25, 0.3) is 0 Å². The lowest BCUT2D eigenvalue weighted by Crippen LogP contribution is -2.13. The van der Waals surface area contributed by atoms with Crippen molar-refractivity contribution >= 4 is 10.9 Å². The van der Waals surface area contributed by atoms with E-state index in [1.165, 1.54) is 5.56 Å². The molecular formula is C12H12N6. The van der Waals surface area contributed by atoms with Crippen molar-refractivity contribution in [2.75, 3.05) is 0 Å². The fraction of sp³-hybridized carbons (Fsp3) is 0.167. The number of pyridine rings is 1. The largest absolute Gasteiger partial charge is 0.306 e. The first-order chi connectivity index (χ1) is 8.92. The molecule has 2 N–H and O–H groups in total. The molecule has 3 rings (SSSR count). The summed E-state index contributed by atoms with van der Waals surface area (Å²) < 4.78 is 0. The normalized spacial score (nSPS) is 10.9. The first-order valence-corrected chi connectivity index (χ1v) is 5.68. The van der Waals surface area contributed by atoms with Crippen LogP contribution >= 0.6 is 0 Å². The molecule has 3 aromatic rings. The Balaban J connectivity index is 1.67. The van der Waals surface area contributed by atoms with E-state index in [2.05, 4.69) is 49.1 Å². The van der Waals surface area contributed by atoms with Crippen molar-refractivity contribution in [3.8, 4) is 0 Å². The fourth-order valence-electron chi connectivity index (χ4n) is 1.81. The van der Waals surface area contributed by atoms with Gasteiger partial charge in [-0.2, -0.15) is 5.21 Å². The van der Waals surface area contributed by atoms with Crippen LogP contribution in [0, 0.1) is 0 Å². The second-order valence-corrected chi connectivity index (χ2v) is 3.96. The Bertz CT molecular complexity index is 634. The number of fused-ring (bicyclic) bond motifs is 1. The zero-order valence-electron chi connectivity index (χ0n) is 9.67. The SMILES string of the molecule is c1cnc2ccc(CNCc3nn[nH]n3)cc2c1. The standard InChI is InChI=1S/C12H12N6/c1-2-10-6-9(3-4-11(10)14-5-1)7-13-8-12-15-17-18-16-12/h1-6,13H,7-8H2,(H,15,16,17,18). The number of tetrazole rings is 1. The van der Waals surface area contributed by atoms with E-state index in [4.69, 9.17) is 0 Å². The molecule has 18 heavy (non-hydrogen) atoms. The van der Waals surface area contributed by atoms with Gasteiger partial charge in [-0.05, 0) is 23.8 Å². The van der Waals surface area contributed by atoms with Gasteiger partial charge in [0.15, 0.2) is 5.82 Å². The molecule has 0 radical (unpaired) electrons. The second-order valence-electron chi connectivity index (χ2n) is 3.96. The van der Waals surface area contributed by atoms with Crippen LogP contribution in [0.3, 0.4) is 0 Å². The number of benzene rings is 1. The van der Waals surface area contributed by atoms with E-state index in [0.29, 0.717) is 12.4 Å². The van der Waals surface area contributed by atoms with Crippen LogP contribution in [0.15, 0.2) is 36.5 Å². The topological polar surface area (TPSA) is 79.4 Å². The summed E-state index contributed by atoms with van der Waals surface area (Å²) in [6.45, 7) is 1.36. The highest BCUT2D eigenvalue weighted by atomic mass is 15.5. The molecule has 0 spiro atoms. The van der Waals surface area contributed by atoms with Gasteiger partial charge in [0.2, 0.25) is 0 Å². The molecule has 0 amide bonds. The number of H-pyrrole nitrogens is 1. The quantitative estimate of drug-likeness (QED) is 0.712. The second kappa shape index (κ2) is 4.89. The predicted octanol–water partition coefficient (Wildman–Crippen LogP) is 1.04. The van der Waals surface area contributed by atoms with Gasteiger partial charge in [-0.15, -0.1) is 10.2 Å². The van der Waals surface area contributed by atoms with E-state index in [9.17, 15) is 0 Å². The molecule has 0 bridgehead atoms. The zero-order chi connectivity index (χ0) is 12.2. The van der Waals surface area contributed by atoms with Gasteiger partial charge in [0, 0.05) is 18.1 Å². The predicted molar refractivity (Wildman–Crippen MR) is 66.5 cm³/mol. The average Bonchev–Trinajstić information content (AvgIpc) is 2.92. The highest BCUT2D eigenvalue weighted by molar-refractivity contribution is 5.78. The van der Waals surface area contributed by atoms with E-state index in [1.54, 1.807) is 6.20 Å². The minimum Gasteiger partial charge on any atom is -0.306 e. The Morgan fingerprint density at radius 2 is 2.17 bits per heavy atom. The van der Waals surface area contributed by atoms with Crippen molar-refractivity contribution in [1.29, 1.82) is 0 Å². The van der Waals surface area contributed by atoms with Crippen molar-refractivity contribution in [3.05, 3.63) is 47.9 Å². The van der Waals surface area contributed by atoms with Crippen LogP contribution in [0.5, 0.6) is 0 Å². The maximum Gasteiger partial charge on any atom is 0.188 e. The summed E-state index contributed by atoms with van der Waals surface area (Å²) in [5.74, 6) is 0.664. The third kappa shape index (κ3) is 2.33. The molecule has 2 heterocycles. The van der Waals surface area contributed by atoms with Crippen molar-refractivity contribution in [2.24, 2.45) is 0 Å². The zero-order valence-corrected chi connectivity index (χ0v) is 9.67. The van der Waals surface area contributed by atoms with Crippen LogP contribution in [-0.4, -0.2) is 25.6 Å². The highest BCUT2D eigenvalue weighted by Gasteiger charge is 1.99. The molecule has 0 unspecified atom stereocenters. The average molecular weight is 240 g/mol. The number of aromatic amines is 1. The van der Waals surface area contributed by atoms with Crippen LogP contribution in [0.25, 0.3) is 10.9 Å². The Kier molecular flexibility index (Phi) is 2.93. The highest BCUT2D eigenvalue weighted by Crippen LogP contribution is 2.13. The molecule has 90 valence electrons. The van der Waals surface area contributed by atoms with Crippen LogP contribution in [-0.2, 0) is 13.1 Å². The lowest BCUT2D eigenvalue weighted by Gasteiger charge is -2.04. The molecule has 6 heteroatoms. The van der Waals surface area contributed by atoms with Crippen molar-refractivity contribution < 1.29 is 0 Å². The van der Waals surface area contributed by atoms with E-state index in [1.807, 2.05) is 12.1 Å². The van der Waals surface area contributed by atoms with Crippen LogP contribution in [0.4, 0.5) is 0 Å². The fourth-order valence-corrected chi connectivity index (χ4v) is 1.81. The van der Waals surface area contributed by atoms with E-state index in [0.717, 1.165) is 17.4 Å². The monoisotopic (exact) mass is 240 g/mol. The van der Waals surface area contributed by atoms with E-state index < -0.39 is 0 Å². The summed E-state index contributed by atoms with van der Waals surface area (Å²) in [4.78, 5) is 4.29. The smallest absolute Gasteiger partial charge is 0.188 e. The molecule has 0 aliphatic heterocycles. The van der Waals surface area contributed by atoms with Crippen molar-refractivity contribution in [3.63, 3.8) is 0 Å². The molecule has 0 aliphatic carbocycles. The van der Waals surface area contributed by atoms with Crippen molar-refractivity contribution in [1.82, 2.24) is 30.9 Å². The summed E-state index contributed by atoms with van der Waals surface area (Å²) in [5, 5.41) is 18.1.